The predicted octanol–water partition coefficient (Wildman–Crippen LogP) is -0.0617. The van der Waals surface area contributed by atoms with Crippen molar-refractivity contribution in [3.63, 3.8) is 0 Å². The average molecular weight is 155 g/mol. The number of tetrazole rings is 1. The second-order valence-corrected chi connectivity index (χ2v) is 2.05. The molecule has 1 amide bonds. The van der Waals surface area contributed by atoms with Crippen molar-refractivity contribution in [2.45, 2.75) is 19.8 Å². The summed E-state index contributed by atoms with van der Waals surface area (Å²) in [4.78, 5) is 10.9. The van der Waals surface area contributed by atoms with Crippen LogP contribution in [0.5, 0.6) is 0 Å². The maximum atomic E-state index is 10.9. The SMILES string of the molecule is CCCC(=O)Nc1nnn[nH]1. The summed E-state index contributed by atoms with van der Waals surface area (Å²) in [6, 6.07) is 0. The molecular weight excluding hydrogens is 146 g/mol. The van der Waals surface area contributed by atoms with Gasteiger partial charge in [-0.2, -0.15) is 0 Å². The molecule has 2 N–H and O–H groups in total. The van der Waals surface area contributed by atoms with Crippen molar-refractivity contribution in [1.29, 1.82) is 0 Å². The summed E-state index contributed by atoms with van der Waals surface area (Å²) in [6.45, 7) is 1.93. The number of hydrogen-bond donors (Lipinski definition) is 2. The summed E-state index contributed by atoms with van der Waals surface area (Å²) in [5.74, 6) is 0.217. The summed E-state index contributed by atoms with van der Waals surface area (Å²) in [7, 11) is 0. The summed E-state index contributed by atoms with van der Waals surface area (Å²) >= 11 is 0. The third-order valence-electron chi connectivity index (χ3n) is 1.08. The van der Waals surface area contributed by atoms with Gasteiger partial charge in [-0.15, -0.1) is 0 Å². The Hall–Kier alpha value is -1.46. The molecule has 0 fully saturated rings. The van der Waals surface area contributed by atoms with Crippen LogP contribution in [0.3, 0.4) is 0 Å². The molecule has 0 spiro atoms. The van der Waals surface area contributed by atoms with Crippen LogP contribution in [0.15, 0.2) is 0 Å². The number of carbonyl (C=O) groups excluding carboxylic acids is 1. The molecule has 11 heavy (non-hydrogen) atoms. The minimum Gasteiger partial charge on any atom is -0.294 e. The first-order valence-corrected chi connectivity index (χ1v) is 3.36. The van der Waals surface area contributed by atoms with Crippen LogP contribution in [-0.4, -0.2) is 26.5 Å². The number of rotatable bonds is 3. The van der Waals surface area contributed by atoms with Crippen LogP contribution >= 0.6 is 0 Å². The summed E-state index contributed by atoms with van der Waals surface area (Å²) in [5.41, 5.74) is 0. The first-order valence-electron chi connectivity index (χ1n) is 3.36. The number of nitrogens with zero attached hydrogens (tertiary/aromatic N) is 3. The smallest absolute Gasteiger partial charge is 0.246 e. The molecular formula is C5H9N5O. The highest BCUT2D eigenvalue weighted by atomic mass is 16.1. The van der Waals surface area contributed by atoms with Crippen molar-refractivity contribution in [2.24, 2.45) is 0 Å². The second-order valence-electron chi connectivity index (χ2n) is 2.05. The van der Waals surface area contributed by atoms with Gasteiger partial charge in [0.15, 0.2) is 0 Å². The van der Waals surface area contributed by atoms with Gasteiger partial charge < -0.3 is 0 Å². The van der Waals surface area contributed by atoms with E-state index in [1.54, 1.807) is 0 Å². The third kappa shape index (κ3) is 2.32. The maximum Gasteiger partial charge on any atom is 0.246 e. The van der Waals surface area contributed by atoms with E-state index in [2.05, 4.69) is 25.9 Å². The molecule has 0 unspecified atom stereocenters. The molecule has 0 aromatic carbocycles. The molecule has 1 aromatic heterocycles. The highest BCUT2D eigenvalue weighted by Crippen LogP contribution is 1.94. The molecule has 0 atom stereocenters. The standard InChI is InChI=1S/C5H9N5O/c1-2-3-4(11)6-5-7-9-10-8-5/h2-3H2,1H3,(H2,6,7,8,9,10,11). The van der Waals surface area contributed by atoms with Crippen LogP contribution in [-0.2, 0) is 4.79 Å². The molecule has 0 saturated carbocycles. The average Bonchev–Trinajstić information content (AvgIpc) is 2.40. The van der Waals surface area contributed by atoms with Crippen molar-refractivity contribution in [3.8, 4) is 0 Å². The molecule has 0 aliphatic heterocycles. The van der Waals surface area contributed by atoms with Gasteiger partial charge in [-0.3, -0.25) is 10.1 Å². The van der Waals surface area contributed by atoms with E-state index < -0.39 is 0 Å². The minimum atomic E-state index is -0.0777. The maximum absolute atomic E-state index is 10.9. The van der Waals surface area contributed by atoms with Gasteiger partial charge in [0.2, 0.25) is 11.9 Å². The third-order valence-corrected chi connectivity index (χ3v) is 1.08. The topological polar surface area (TPSA) is 83.6 Å². The Morgan fingerprint density at radius 2 is 2.55 bits per heavy atom. The fourth-order valence-electron chi connectivity index (χ4n) is 0.634. The van der Waals surface area contributed by atoms with Crippen LogP contribution in [0.1, 0.15) is 19.8 Å². The Morgan fingerprint density at radius 1 is 1.73 bits per heavy atom. The van der Waals surface area contributed by atoms with E-state index in [-0.39, 0.29) is 5.91 Å². The highest BCUT2D eigenvalue weighted by molar-refractivity contribution is 5.88. The Balaban J connectivity index is 2.37. The lowest BCUT2D eigenvalue weighted by atomic mass is 10.3. The van der Waals surface area contributed by atoms with Gasteiger partial charge in [0.05, 0.1) is 0 Å². The van der Waals surface area contributed by atoms with Crippen LogP contribution < -0.4 is 5.32 Å². The van der Waals surface area contributed by atoms with Crippen LogP contribution in [0.2, 0.25) is 0 Å². The molecule has 0 saturated heterocycles. The molecule has 60 valence electrons. The Labute approximate surface area is 63.4 Å². The number of amides is 1. The van der Waals surface area contributed by atoms with E-state index in [0.717, 1.165) is 6.42 Å². The molecule has 0 bridgehead atoms. The van der Waals surface area contributed by atoms with E-state index in [9.17, 15) is 4.79 Å². The van der Waals surface area contributed by atoms with Crippen molar-refractivity contribution >= 4 is 11.9 Å². The van der Waals surface area contributed by atoms with Crippen molar-refractivity contribution in [3.05, 3.63) is 0 Å². The Morgan fingerprint density at radius 3 is 3.09 bits per heavy atom. The molecule has 0 aliphatic carbocycles. The highest BCUT2D eigenvalue weighted by Gasteiger charge is 2.01. The number of aromatic amines is 1. The van der Waals surface area contributed by atoms with Crippen LogP contribution in [0.4, 0.5) is 5.95 Å². The Kier molecular flexibility index (Phi) is 2.53. The number of hydrogen-bond acceptors (Lipinski definition) is 4. The minimum absolute atomic E-state index is 0.0777. The molecule has 1 rings (SSSR count). The fraction of sp³-hybridized carbons (Fsp3) is 0.600. The molecule has 0 radical (unpaired) electrons. The summed E-state index contributed by atoms with van der Waals surface area (Å²) in [6.07, 6.45) is 1.30. The normalized spacial score (nSPS) is 9.55. The molecule has 1 aromatic rings. The van der Waals surface area contributed by atoms with Gasteiger partial charge in [-0.25, -0.2) is 5.10 Å². The number of H-pyrrole nitrogens is 1. The number of anilines is 1. The van der Waals surface area contributed by atoms with E-state index in [1.807, 2.05) is 6.92 Å². The zero-order valence-electron chi connectivity index (χ0n) is 6.16. The quantitative estimate of drug-likeness (QED) is 0.640. The second kappa shape index (κ2) is 3.65. The van der Waals surface area contributed by atoms with Crippen LogP contribution in [0.25, 0.3) is 0 Å². The van der Waals surface area contributed by atoms with E-state index in [1.165, 1.54) is 0 Å². The monoisotopic (exact) mass is 155 g/mol. The van der Waals surface area contributed by atoms with Gasteiger partial charge in [0, 0.05) is 6.42 Å². The lowest BCUT2D eigenvalue weighted by Crippen LogP contribution is -2.11. The zero-order valence-corrected chi connectivity index (χ0v) is 6.16. The van der Waals surface area contributed by atoms with Gasteiger partial charge in [-0.1, -0.05) is 12.0 Å². The molecule has 0 aliphatic rings. The lowest BCUT2D eigenvalue weighted by molar-refractivity contribution is -0.116. The van der Waals surface area contributed by atoms with E-state index in [4.69, 9.17) is 0 Å². The van der Waals surface area contributed by atoms with Gasteiger partial charge in [-0.05, 0) is 16.8 Å². The van der Waals surface area contributed by atoms with Gasteiger partial charge in [0.25, 0.3) is 0 Å². The summed E-state index contributed by atoms with van der Waals surface area (Å²) < 4.78 is 0. The number of carbonyl (C=O) groups is 1. The zero-order chi connectivity index (χ0) is 8.10. The van der Waals surface area contributed by atoms with E-state index in [0.29, 0.717) is 12.4 Å². The van der Waals surface area contributed by atoms with Crippen molar-refractivity contribution in [1.82, 2.24) is 20.6 Å². The fourth-order valence-corrected chi connectivity index (χ4v) is 0.634. The first-order chi connectivity index (χ1) is 5.33. The Bertz CT molecular complexity index is 219. The first kappa shape index (κ1) is 7.64. The van der Waals surface area contributed by atoms with Gasteiger partial charge >= 0.3 is 0 Å². The van der Waals surface area contributed by atoms with E-state index >= 15 is 0 Å². The lowest BCUT2D eigenvalue weighted by Gasteiger charge is -1.95. The van der Waals surface area contributed by atoms with Crippen LogP contribution in [0, 0.1) is 0 Å². The number of aromatic nitrogens is 4. The molecule has 1 heterocycles. The molecule has 6 nitrogen and oxygen atoms in total. The van der Waals surface area contributed by atoms with Gasteiger partial charge in [0.1, 0.15) is 0 Å². The predicted molar refractivity (Wildman–Crippen MR) is 37.7 cm³/mol. The number of nitrogens with one attached hydrogen (secondary N) is 2. The van der Waals surface area contributed by atoms with Crippen molar-refractivity contribution in [2.75, 3.05) is 5.32 Å². The van der Waals surface area contributed by atoms with Crippen molar-refractivity contribution < 1.29 is 4.79 Å². The largest absolute Gasteiger partial charge is 0.294 e. The molecule has 6 heteroatoms. The summed E-state index contributed by atoms with van der Waals surface area (Å²) in [5, 5.41) is 15.0.